The fraction of sp³-hybridized carbons (Fsp3) is 0.632. The van der Waals surface area contributed by atoms with Gasteiger partial charge in [-0.3, -0.25) is 0 Å². The van der Waals surface area contributed by atoms with E-state index in [-0.39, 0.29) is 24.0 Å². The Morgan fingerprint density at radius 1 is 1.20 bits per heavy atom. The summed E-state index contributed by atoms with van der Waals surface area (Å²) in [4.78, 5) is 4.64. The molecule has 0 heterocycles. The molecule has 0 spiro atoms. The quantitative estimate of drug-likeness (QED) is 0.227. The lowest BCUT2D eigenvalue weighted by molar-refractivity contribution is 0.145. The van der Waals surface area contributed by atoms with Crippen LogP contribution in [-0.4, -0.2) is 38.9 Å². The second kappa shape index (κ2) is 15.3. The van der Waals surface area contributed by atoms with Gasteiger partial charge in [-0.15, -0.1) is 24.0 Å². The molecule has 25 heavy (non-hydrogen) atoms. The van der Waals surface area contributed by atoms with Crippen LogP contribution in [0.3, 0.4) is 0 Å². The first-order chi connectivity index (χ1) is 11.7. The summed E-state index contributed by atoms with van der Waals surface area (Å²) in [5.41, 5.74) is 1.14. The van der Waals surface area contributed by atoms with Crippen LogP contribution in [0.4, 0.5) is 0 Å². The van der Waals surface area contributed by atoms with Crippen molar-refractivity contribution >= 4 is 29.9 Å². The van der Waals surface area contributed by atoms with Gasteiger partial charge >= 0.3 is 0 Å². The van der Waals surface area contributed by atoms with Crippen LogP contribution in [0.15, 0.2) is 29.3 Å². The summed E-state index contributed by atoms with van der Waals surface area (Å²) >= 11 is 0. The molecule has 0 aliphatic heterocycles. The highest BCUT2D eigenvalue weighted by atomic mass is 127. The zero-order valence-corrected chi connectivity index (χ0v) is 18.3. The molecule has 0 aliphatic carbocycles. The second-order valence-corrected chi connectivity index (χ2v) is 6.02. The van der Waals surface area contributed by atoms with Crippen molar-refractivity contribution in [3.63, 3.8) is 0 Å². The van der Waals surface area contributed by atoms with Crippen LogP contribution < -0.4 is 15.4 Å². The first-order valence-electron chi connectivity index (χ1n) is 8.97. The maximum atomic E-state index is 5.77. The highest BCUT2D eigenvalue weighted by molar-refractivity contribution is 14.0. The summed E-state index contributed by atoms with van der Waals surface area (Å²) in [6, 6.07) is 8.14. The van der Waals surface area contributed by atoms with Gasteiger partial charge in [-0.25, -0.2) is 4.99 Å². The monoisotopic (exact) mass is 463 g/mol. The highest BCUT2D eigenvalue weighted by Crippen LogP contribution is 2.15. The van der Waals surface area contributed by atoms with Gasteiger partial charge in [-0.2, -0.15) is 0 Å². The van der Waals surface area contributed by atoms with Crippen LogP contribution in [0, 0.1) is 5.92 Å². The average Bonchev–Trinajstić information content (AvgIpc) is 2.58. The number of nitrogens with one attached hydrogen (secondary N) is 2. The summed E-state index contributed by atoms with van der Waals surface area (Å²) in [6.07, 6.45) is 0.969. The zero-order chi connectivity index (χ0) is 17.6. The summed E-state index contributed by atoms with van der Waals surface area (Å²) in [7, 11) is 0. The van der Waals surface area contributed by atoms with Gasteiger partial charge in [0.2, 0.25) is 0 Å². The van der Waals surface area contributed by atoms with Crippen molar-refractivity contribution in [2.24, 2.45) is 10.9 Å². The number of benzene rings is 1. The van der Waals surface area contributed by atoms with E-state index in [0.717, 1.165) is 56.6 Å². The summed E-state index contributed by atoms with van der Waals surface area (Å²) in [5.74, 6) is 2.27. The fourth-order valence-corrected chi connectivity index (χ4v) is 2.03. The first-order valence-corrected chi connectivity index (χ1v) is 8.97. The van der Waals surface area contributed by atoms with Crippen LogP contribution in [0.1, 0.15) is 39.7 Å². The molecule has 0 amide bonds. The van der Waals surface area contributed by atoms with Crippen LogP contribution in [0.25, 0.3) is 0 Å². The molecule has 0 atom stereocenters. The van der Waals surface area contributed by atoms with Gasteiger partial charge < -0.3 is 20.1 Å². The Labute approximate surface area is 170 Å². The predicted molar refractivity (Wildman–Crippen MR) is 116 cm³/mol. The molecule has 0 bridgehead atoms. The van der Waals surface area contributed by atoms with Gasteiger partial charge in [-0.1, -0.05) is 26.0 Å². The number of hydrogen-bond donors (Lipinski definition) is 2. The number of halogens is 1. The third-order valence-corrected chi connectivity index (χ3v) is 3.21. The van der Waals surface area contributed by atoms with Crippen LogP contribution in [0.5, 0.6) is 5.75 Å². The van der Waals surface area contributed by atoms with E-state index in [1.54, 1.807) is 0 Å². The van der Waals surface area contributed by atoms with Crippen molar-refractivity contribution < 1.29 is 9.47 Å². The number of guanidine groups is 1. The SMILES string of the molecule is CCNC(=NCc1cccc(OCC(C)C)c1)NCCCOCC.I. The smallest absolute Gasteiger partial charge is 0.191 e. The van der Waals surface area contributed by atoms with Gasteiger partial charge in [-0.05, 0) is 43.9 Å². The molecule has 144 valence electrons. The Kier molecular flexibility index (Phi) is 14.6. The third kappa shape index (κ3) is 12.0. The van der Waals surface area contributed by atoms with Crippen LogP contribution in [-0.2, 0) is 11.3 Å². The minimum Gasteiger partial charge on any atom is -0.493 e. The van der Waals surface area contributed by atoms with Crippen LogP contribution in [0.2, 0.25) is 0 Å². The summed E-state index contributed by atoms with van der Waals surface area (Å²) in [5, 5.41) is 6.60. The van der Waals surface area contributed by atoms with Crippen molar-refractivity contribution in [3.05, 3.63) is 29.8 Å². The maximum absolute atomic E-state index is 5.77. The van der Waals surface area contributed by atoms with E-state index in [2.05, 4.69) is 48.5 Å². The van der Waals surface area contributed by atoms with E-state index in [0.29, 0.717) is 12.5 Å². The standard InChI is InChI=1S/C19H33N3O2.HI/c1-5-20-19(21-11-8-12-23-6-2)22-14-17-9-7-10-18(13-17)24-15-16(3)4;/h7,9-10,13,16H,5-6,8,11-12,14-15H2,1-4H3,(H2,20,21,22);1H. The summed E-state index contributed by atoms with van der Waals surface area (Å²) in [6.45, 7) is 13.0. The molecule has 0 unspecified atom stereocenters. The topological polar surface area (TPSA) is 54.9 Å². The molecule has 0 aromatic heterocycles. The predicted octanol–water partition coefficient (Wildman–Crippen LogP) is 3.82. The van der Waals surface area contributed by atoms with Gasteiger partial charge in [0, 0.05) is 26.3 Å². The maximum Gasteiger partial charge on any atom is 0.191 e. The van der Waals surface area contributed by atoms with E-state index >= 15 is 0 Å². The van der Waals surface area contributed by atoms with E-state index in [1.165, 1.54) is 0 Å². The molecule has 0 fully saturated rings. The molecule has 0 saturated heterocycles. The Morgan fingerprint density at radius 3 is 2.68 bits per heavy atom. The average molecular weight is 463 g/mol. The Balaban J connectivity index is 0.00000576. The third-order valence-electron chi connectivity index (χ3n) is 3.21. The Bertz CT molecular complexity index is 481. The largest absolute Gasteiger partial charge is 0.493 e. The summed E-state index contributed by atoms with van der Waals surface area (Å²) < 4.78 is 11.1. The normalized spacial score (nSPS) is 11.2. The molecule has 0 aliphatic rings. The van der Waals surface area contributed by atoms with E-state index < -0.39 is 0 Å². The molecule has 2 N–H and O–H groups in total. The van der Waals surface area contributed by atoms with E-state index in [1.807, 2.05) is 19.1 Å². The van der Waals surface area contributed by atoms with Crippen molar-refractivity contribution in [2.45, 2.75) is 40.7 Å². The van der Waals surface area contributed by atoms with Crippen molar-refractivity contribution in [2.75, 3.05) is 32.9 Å². The van der Waals surface area contributed by atoms with E-state index in [9.17, 15) is 0 Å². The second-order valence-electron chi connectivity index (χ2n) is 6.02. The highest BCUT2D eigenvalue weighted by Gasteiger charge is 2.01. The van der Waals surface area contributed by atoms with Gasteiger partial charge in [0.15, 0.2) is 5.96 Å². The number of hydrogen-bond acceptors (Lipinski definition) is 3. The van der Waals surface area contributed by atoms with Crippen molar-refractivity contribution in [1.29, 1.82) is 0 Å². The molecule has 1 aromatic carbocycles. The molecule has 1 rings (SSSR count). The molecule has 5 nitrogen and oxygen atoms in total. The first kappa shape index (κ1) is 24.0. The Morgan fingerprint density at radius 2 is 2.00 bits per heavy atom. The molecule has 6 heteroatoms. The zero-order valence-electron chi connectivity index (χ0n) is 16.0. The van der Waals surface area contributed by atoms with Gasteiger partial charge in [0.25, 0.3) is 0 Å². The lowest BCUT2D eigenvalue weighted by Gasteiger charge is -2.12. The molecular formula is C19H34IN3O2. The van der Waals surface area contributed by atoms with Crippen LogP contribution >= 0.6 is 24.0 Å². The molecule has 0 radical (unpaired) electrons. The number of aliphatic imine (C=N–C) groups is 1. The number of rotatable bonds is 11. The van der Waals surface area contributed by atoms with Crippen molar-refractivity contribution in [1.82, 2.24) is 10.6 Å². The van der Waals surface area contributed by atoms with Gasteiger partial charge in [0.1, 0.15) is 5.75 Å². The molecule has 0 saturated carbocycles. The number of nitrogens with zero attached hydrogens (tertiary/aromatic N) is 1. The Hall–Kier alpha value is -1.02. The van der Waals surface area contributed by atoms with Gasteiger partial charge in [0.05, 0.1) is 13.2 Å². The number of ether oxygens (including phenoxy) is 2. The molecular weight excluding hydrogens is 429 g/mol. The van der Waals surface area contributed by atoms with Crippen molar-refractivity contribution in [3.8, 4) is 5.75 Å². The minimum absolute atomic E-state index is 0. The lowest BCUT2D eigenvalue weighted by atomic mass is 10.2. The fourth-order valence-electron chi connectivity index (χ4n) is 2.03. The molecule has 1 aromatic rings. The lowest BCUT2D eigenvalue weighted by Crippen LogP contribution is -2.38. The van der Waals surface area contributed by atoms with E-state index in [4.69, 9.17) is 9.47 Å². The minimum atomic E-state index is 0.